The Bertz CT molecular complexity index is 883. The summed E-state index contributed by atoms with van der Waals surface area (Å²) in [5.74, 6) is 1.05. The maximum atomic E-state index is 10.5. The fraction of sp³-hybridized carbons (Fsp3) is 0.250. The highest BCUT2D eigenvalue weighted by atomic mass is 16.3. The highest BCUT2D eigenvalue weighted by Crippen LogP contribution is 2.38. The molecule has 3 aromatic rings. The third-order valence-electron chi connectivity index (χ3n) is 5.24. The SMILES string of the molecule is CCC(c1ccc(O)cc1)c1ccc(O)c(C(CC)c2ccc(O)cc2)c1. The Morgan fingerprint density at radius 3 is 1.52 bits per heavy atom. The number of aromatic hydroxyl groups is 3. The second kappa shape index (κ2) is 8.17. The van der Waals surface area contributed by atoms with Crippen LogP contribution in [0.15, 0.2) is 66.7 Å². The molecule has 3 rings (SSSR count). The molecule has 3 aromatic carbocycles. The summed E-state index contributed by atoms with van der Waals surface area (Å²) in [4.78, 5) is 0. The van der Waals surface area contributed by atoms with Crippen molar-refractivity contribution >= 4 is 0 Å². The predicted octanol–water partition coefficient (Wildman–Crippen LogP) is 5.89. The molecule has 0 amide bonds. The molecule has 3 nitrogen and oxygen atoms in total. The van der Waals surface area contributed by atoms with Crippen molar-refractivity contribution in [1.82, 2.24) is 0 Å². The Kier molecular flexibility index (Phi) is 5.70. The maximum Gasteiger partial charge on any atom is 0.119 e. The van der Waals surface area contributed by atoms with Crippen molar-refractivity contribution in [2.45, 2.75) is 38.5 Å². The molecular formula is C24H26O3. The first-order valence-corrected chi connectivity index (χ1v) is 9.44. The lowest BCUT2D eigenvalue weighted by Gasteiger charge is -2.22. The molecule has 0 aliphatic carbocycles. The molecule has 0 bridgehead atoms. The van der Waals surface area contributed by atoms with Crippen molar-refractivity contribution in [1.29, 1.82) is 0 Å². The molecule has 0 spiro atoms. The van der Waals surface area contributed by atoms with E-state index >= 15 is 0 Å². The van der Waals surface area contributed by atoms with Crippen LogP contribution in [0, 0.1) is 0 Å². The minimum atomic E-state index is 0.0582. The van der Waals surface area contributed by atoms with Gasteiger partial charge >= 0.3 is 0 Å². The summed E-state index contributed by atoms with van der Waals surface area (Å²) < 4.78 is 0. The van der Waals surface area contributed by atoms with Gasteiger partial charge in [0.25, 0.3) is 0 Å². The van der Waals surface area contributed by atoms with Crippen LogP contribution in [0.3, 0.4) is 0 Å². The zero-order valence-corrected chi connectivity index (χ0v) is 15.8. The van der Waals surface area contributed by atoms with Crippen LogP contribution in [0.25, 0.3) is 0 Å². The van der Waals surface area contributed by atoms with Gasteiger partial charge in [-0.05, 0) is 59.9 Å². The monoisotopic (exact) mass is 362 g/mol. The van der Waals surface area contributed by atoms with Gasteiger partial charge in [0.1, 0.15) is 17.2 Å². The van der Waals surface area contributed by atoms with Gasteiger partial charge in [0.15, 0.2) is 0 Å². The summed E-state index contributed by atoms with van der Waals surface area (Å²) in [6.07, 6.45) is 1.77. The van der Waals surface area contributed by atoms with E-state index in [1.807, 2.05) is 30.3 Å². The third kappa shape index (κ3) is 4.08. The van der Waals surface area contributed by atoms with Crippen molar-refractivity contribution < 1.29 is 15.3 Å². The Hall–Kier alpha value is -2.94. The van der Waals surface area contributed by atoms with Gasteiger partial charge in [0.2, 0.25) is 0 Å². The minimum Gasteiger partial charge on any atom is -0.508 e. The number of benzene rings is 3. The Morgan fingerprint density at radius 1 is 0.593 bits per heavy atom. The van der Waals surface area contributed by atoms with Crippen molar-refractivity contribution in [3.8, 4) is 17.2 Å². The summed E-state index contributed by atoms with van der Waals surface area (Å²) in [6, 6.07) is 20.4. The van der Waals surface area contributed by atoms with Crippen molar-refractivity contribution in [2.75, 3.05) is 0 Å². The number of rotatable bonds is 6. The Morgan fingerprint density at radius 2 is 1.04 bits per heavy atom. The number of hydrogen-bond donors (Lipinski definition) is 3. The van der Waals surface area contributed by atoms with Crippen LogP contribution >= 0.6 is 0 Å². The van der Waals surface area contributed by atoms with E-state index in [2.05, 4.69) is 19.9 Å². The standard InChI is InChI=1S/C24H26O3/c1-3-21(16-5-10-19(25)11-6-16)18-9-14-24(27)23(15-18)22(4-2)17-7-12-20(26)13-8-17/h5-15,21-22,25-27H,3-4H2,1-2H3. The van der Waals surface area contributed by atoms with Gasteiger partial charge < -0.3 is 15.3 Å². The lowest BCUT2D eigenvalue weighted by molar-refractivity contribution is 0.463. The largest absolute Gasteiger partial charge is 0.508 e. The molecule has 0 aromatic heterocycles. The van der Waals surface area contributed by atoms with Gasteiger partial charge in [-0.1, -0.05) is 50.2 Å². The van der Waals surface area contributed by atoms with Crippen molar-refractivity contribution in [2.24, 2.45) is 0 Å². The van der Waals surface area contributed by atoms with Gasteiger partial charge in [-0.15, -0.1) is 0 Å². The second-order valence-electron chi connectivity index (χ2n) is 6.92. The van der Waals surface area contributed by atoms with Gasteiger partial charge in [0, 0.05) is 17.4 Å². The molecule has 0 saturated carbocycles. The van der Waals surface area contributed by atoms with Crippen LogP contribution in [0.2, 0.25) is 0 Å². The zero-order chi connectivity index (χ0) is 19.4. The summed E-state index contributed by atoms with van der Waals surface area (Å²) in [6.45, 7) is 4.24. The summed E-state index contributed by atoms with van der Waals surface area (Å²) >= 11 is 0. The highest BCUT2D eigenvalue weighted by Gasteiger charge is 2.20. The summed E-state index contributed by atoms with van der Waals surface area (Å²) in [5.41, 5.74) is 4.26. The lowest BCUT2D eigenvalue weighted by atomic mass is 9.83. The third-order valence-corrected chi connectivity index (χ3v) is 5.24. The molecule has 0 aliphatic heterocycles. The van der Waals surface area contributed by atoms with Crippen LogP contribution in [0.5, 0.6) is 17.2 Å². The molecule has 2 atom stereocenters. The molecule has 0 fully saturated rings. The highest BCUT2D eigenvalue weighted by molar-refractivity contribution is 5.47. The zero-order valence-electron chi connectivity index (χ0n) is 15.8. The second-order valence-corrected chi connectivity index (χ2v) is 6.92. The fourth-order valence-electron chi connectivity index (χ4n) is 3.78. The van der Waals surface area contributed by atoms with E-state index in [1.165, 1.54) is 0 Å². The van der Waals surface area contributed by atoms with Crippen molar-refractivity contribution in [3.05, 3.63) is 89.0 Å². The summed E-state index contributed by atoms with van der Waals surface area (Å²) in [7, 11) is 0. The number of phenols is 3. The molecular weight excluding hydrogens is 336 g/mol. The molecule has 0 saturated heterocycles. The first-order valence-electron chi connectivity index (χ1n) is 9.44. The van der Waals surface area contributed by atoms with E-state index in [4.69, 9.17) is 0 Å². The smallest absolute Gasteiger partial charge is 0.119 e. The maximum absolute atomic E-state index is 10.5. The van der Waals surface area contributed by atoms with Crippen molar-refractivity contribution in [3.63, 3.8) is 0 Å². The van der Waals surface area contributed by atoms with E-state index in [0.29, 0.717) is 5.75 Å². The first-order chi connectivity index (χ1) is 13.0. The first kappa shape index (κ1) is 18.8. The van der Waals surface area contributed by atoms with Gasteiger partial charge in [-0.2, -0.15) is 0 Å². The Balaban J connectivity index is 2.01. The normalized spacial score (nSPS) is 13.3. The topological polar surface area (TPSA) is 60.7 Å². The molecule has 140 valence electrons. The fourth-order valence-corrected chi connectivity index (χ4v) is 3.78. The van der Waals surface area contributed by atoms with Gasteiger partial charge in [-0.3, -0.25) is 0 Å². The van der Waals surface area contributed by atoms with Crippen LogP contribution in [0.4, 0.5) is 0 Å². The molecule has 0 aliphatic rings. The summed E-state index contributed by atoms with van der Waals surface area (Å²) in [5, 5.41) is 29.7. The molecule has 0 radical (unpaired) electrons. The van der Waals surface area contributed by atoms with Crippen LogP contribution in [-0.2, 0) is 0 Å². The van der Waals surface area contributed by atoms with Gasteiger partial charge in [-0.25, -0.2) is 0 Å². The van der Waals surface area contributed by atoms with Crippen LogP contribution in [0.1, 0.15) is 60.8 Å². The molecule has 3 N–H and O–H groups in total. The van der Waals surface area contributed by atoms with Crippen LogP contribution in [-0.4, -0.2) is 15.3 Å². The van der Waals surface area contributed by atoms with Crippen LogP contribution < -0.4 is 0 Å². The van der Waals surface area contributed by atoms with E-state index < -0.39 is 0 Å². The van der Waals surface area contributed by atoms with Gasteiger partial charge in [0.05, 0.1) is 0 Å². The molecule has 0 heterocycles. The molecule has 2 unspecified atom stereocenters. The predicted molar refractivity (Wildman–Crippen MR) is 109 cm³/mol. The number of phenolic OH excluding ortho intramolecular Hbond substituents is 3. The quantitative estimate of drug-likeness (QED) is 0.512. The average molecular weight is 362 g/mol. The van der Waals surface area contributed by atoms with E-state index in [1.54, 1.807) is 30.3 Å². The number of hydrogen-bond acceptors (Lipinski definition) is 3. The lowest BCUT2D eigenvalue weighted by Crippen LogP contribution is -2.04. The molecule has 3 heteroatoms. The van der Waals surface area contributed by atoms with E-state index in [0.717, 1.165) is 35.1 Å². The minimum absolute atomic E-state index is 0.0582. The van der Waals surface area contributed by atoms with E-state index in [-0.39, 0.29) is 23.3 Å². The van der Waals surface area contributed by atoms with E-state index in [9.17, 15) is 15.3 Å². The average Bonchev–Trinajstić information content (AvgIpc) is 2.68. The molecule has 27 heavy (non-hydrogen) atoms. The Labute approximate surface area is 160 Å².